The number of nitrogens with zero attached hydrogens (tertiary/aromatic N) is 1. The highest BCUT2D eigenvalue weighted by molar-refractivity contribution is 5.79. The highest BCUT2D eigenvalue weighted by Gasteiger charge is 2.35. The minimum Gasteiger partial charge on any atom is -0.484 e. The first-order valence-electron chi connectivity index (χ1n) is 9.33. The summed E-state index contributed by atoms with van der Waals surface area (Å²) in [5.74, 6) is 0.891. The molecule has 3 aromatic rings. The Balaban J connectivity index is 1.42. The van der Waals surface area contributed by atoms with E-state index in [0.29, 0.717) is 31.0 Å². The number of amides is 1. The maximum absolute atomic E-state index is 12.7. The lowest BCUT2D eigenvalue weighted by Crippen LogP contribution is -2.33. The van der Waals surface area contributed by atoms with Crippen LogP contribution in [0.15, 0.2) is 69.9 Å². The van der Waals surface area contributed by atoms with E-state index in [0.717, 1.165) is 5.39 Å². The third kappa shape index (κ3) is 3.77. The first-order chi connectivity index (χ1) is 13.6. The summed E-state index contributed by atoms with van der Waals surface area (Å²) in [7, 11) is 0. The number of fused-ring (bicyclic) bond motifs is 1. The van der Waals surface area contributed by atoms with Gasteiger partial charge >= 0.3 is 5.63 Å². The number of hydrogen-bond donors (Lipinski definition) is 1. The van der Waals surface area contributed by atoms with Crippen LogP contribution < -0.4 is 16.1 Å². The Bertz CT molecular complexity index is 1030. The van der Waals surface area contributed by atoms with Crippen LogP contribution in [0.1, 0.15) is 11.5 Å². The van der Waals surface area contributed by atoms with Crippen molar-refractivity contribution >= 4 is 16.9 Å². The molecule has 1 aliphatic heterocycles. The summed E-state index contributed by atoms with van der Waals surface area (Å²) >= 11 is 0. The summed E-state index contributed by atoms with van der Waals surface area (Å²) in [6, 6.07) is 18.4. The van der Waals surface area contributed by atoms with Gasteiger partial charge in [-0.3, -0.25) is 4.79 Å². The molecular weight excluding hydrogens is 356 g/mol. The fraction of sp³-hybridized carbons (Fsp3) is 0.273. The molecule has 1 aliphatic rings. The summed E-state index contributed by atoms with van der Waals surface area (Å²) in [5.41, 5.74) is 7.17. The summed E-state index contributed by atoms with van der Waals surface area (Å²) in [6.45, 7) is 1.74. The predicted octanol–water partition coefficient (Wildman–Crippen LogP) is 2.37. The molecule has 1 saturated heterocycles. The van der Waals surface area contributed by atoms with Crippen molar-refractivity contribution in [3.05, 3.63) is 76.6 Å². The van der Waals surface area contributed by atoms with Crippen LogP contribution in [0.4, 0.5) is 0 Å². The predicted molar refractivity (Wildman–Crippen MR) is 106 cm³/mol. The van der Waals surface area contributed by atoms with Crippen LogP contribution in [0.25, 0.3) is 11.0 Å². The van der Waals surface area contributed by atoms with Crippen molar-refractivity contribution in [2.75, 3.05) is 26.2 Å². The smallest absolute Gasteiger partial charge is 0.336 e. The Morgan fingerprint density at radius 3 is 2.68 bits per heavy atom. The lowest BCUT2D eigenvalue weighted by Gasteiger charge is -2.17. The molecule has 1 aromatic heterocycles. The van der Waals surface area contributed by atoms with Crippen molar-refractivity contribution in [2.45, 2.75) is 5.92 Å². The molecule has 1 fully saturated rings. The normalized spacial score (nSPS) is 19.1. The van der Waals surface area contributed by atoms with E-state index < -0.39 is 5.63 Å². The van der Waals surface area contributed by atoms with Gasteiger partial charge in [0.2, 0.25) is 0 Å². The average Bonchev–Trinajstić information content (AvgIpc) is 3.17. The summed E-state index contributed by atoms with van der Waals surface area (Å²) in [5, 5.41) is 0.800. The van der Waals surface area contributed by atoms with Gasteiger partial charge in [-0.1, -0.05) is 30.3 Å². The zero-order chi connectivity index (χ0) is 19.5. The van der Waals surface area contributed by atoms with Crippen LogP contribution in [-0.4, -0.2) is 37.0 Å². The van der Waals surface area contributed by atoms with E-state index in [2.05, 4.69) is 12.1 Å². The second-order valence-corrected chi connectivity index (χ2v) is 7.05. The maximum atomic E-state index is 12.7. The number of ether oxygens (including phenoxy) is 1. The van der Waals surface area contributed by atoms with Crippen LogP contribution in [0.3, 0.4) is 0 Å². The average molecular weight is 378 g/mol. The van der Waals surface area contributed by atoms with Gasteiger partial charge in [0.25, 0.3) is 5.91 Å². The molecule has 0 radical (unpaired) electrons. The van der Waals surface area contributed by atoms with Gasteiger partial charge in [0.05, 0.1) is 0 Å². The molecule has 0 aliphatic carbocycles. The third-order valence-corrected chi connectivity index (χ3v) is 5.28. The Kier molecular flexibility index (Phi) is 5.12. The molecule has 0 unspecified atom stereocenters. The number of carbonyl (C=O) groups is 1. The Morgan fingerprint density at radius 2 is 1.89 bits per heavy atom. The van der Waals surface area contributed by atoms with Crippen LogP contribution >= 0.6 is 0 Å². The highest BCUT2D eigenvalue weighted by atomic mass is 16.5. The summed E-state index contributed by atoms with van der Waals surface area (Å²) in [4.78, 5) is 25.8. The molecule has 28 heavy (non-hydrogen) atoms. The van der Waals surface area contributed by atoms with Gasteiger partial charge in [0.1, 0.15) is 11.3 Å². The van der Waals surface area contributed by atoms with Gasteiger partial charge in [0.15, 0.2) is 6.61 Å². The topological polar surface area (TPSA) is 85.8 Å². The Hall–Kier alpha value is -3.12. The third-order valence-electron chi connectivity index (χ3n) is 5.28. The van der Waals surface area contributed by atoms with Crippen molar-refractivity contribution < 1.29 is 13.9 Å². The summed E-state index contributed by atoms with van der Waals surface area (Å²) < 4.78 is 10.8. The number of carbonyl (C=O) groups excluding carboxylic acids is 1. The van der Waals surface area contributed by atoms with Gasteiger partial charge in [-0.2, -0.15) is 0 Å². The van der Waals surface area contributed by atoms with Crippen molar-refractivity contribution in [3.63, 3.8) is 0 Å². The molecule has 2 N–H and O–H groups in total. The van der Waals surface area contributed by atoms with E-state index in [1.807, 2.05) is 23.1 Å². The van der Waals surface area contributed by atoms with Gasteiger partial charge in [-0.15, -0.1) is 0 Å². The van der Waals surface area contributed by atoms with Gasteiger partial charge in [0, 0.05) is 36.5 Å². The number of rotatable bonds is 5. The van der Waals surface area contributed by atoms with Gasteiger partial charge in [-0.05, 0) is 36.2 Å². The minimum atomic E-state index is -0.419. The number of hydrogen-bond acceptors (Lipinski definition) is 5. The fourth-order valence-electron chi connectivity index (χ4n) is 3.76. The molecule has 6 nitrogen and oxygen atoms in total. The highest BCUT2D eigenvalue weighted by Crippen LogP contribution is 2.32. The van der Waals surface area contributed by atoms with Crippen molar-refractivity contribution in [3.8, 4) is 5.75 Å². The lowest BCUT2D eigenvalue weighted by molar-refractivity contribution is -0.132. The number of likely N-dealkylation sites (tertiary alicyclic amines) is 1. The first-order valence-corrected chi connectivity index (χ1v) is 9.33. The van der Waals surface area contributed by atoms with E-state index in [1.54, 1.807) is 24.3 Å². The van der Waals surface area contributed by atoms with Crippen molar-refractivity contribution in [1.29, 1.82) is 0 Å². The van der Waals surface area contributed by atoms with Crippen LogP contribution in [0, 0.1) is 5.92 Å². The quantitative estimate of drug-likeness (QED) is 0.689. The Labute approximate surface area is 162 Å². The second-order valence-electron chi connectivity index (χ2n) is 7.05. The number of benzene rings is 2. The van der Waals surface area contributed by atoms with Crippen LogP contribution in [0.2, 0.25) is 0 Å². The molecule has 1 amide bonds. The maximum Gasteiger partial charge on any atom is 0.336 e. The SMILES string of the molecule is NC[C@@H]1CN(C(=O)COc2ccc3ccc(=O)oc3c2)C[C@H]1c1ccccc1. The van der Waals surface area contributed by atoms with E-state index in [4.69, 9.17) is 14.9 Å². The zero-order valence-corrected chi connectivity index (χ0v) is 15.4. The Morgan fingerprint density at radius 1 is 1.11 bits per heavy atom. The molecule has 0 bridgehead atoms. The van der Waals surface area contributed by atoms with E-state index >= 15 is 0 Å². The van der Waals surface area contributed by atoms with E-state index in [1.165, 1.54) is 11.6 Å². The molecule has 2 aromatic carbocycles. The molecule has 2 atom stereocenters. The van der Waals surface area contributed by atoms with Gasteiger partial charge < -0.3 is 19.8 Å². The molecule has 144 valence electrons. The van der Waals surface area contributed by atoms with E-state index in [9.17, 15) is 9.59 Å². The molecule has 6 heteroatoms. The van der Waals surface area contributed by atoms with Crippen molar-refractivity contribution in [2.24, 2.45) is 11.7 Å². The van der Waals surface area contributed by atoms with Gasteiger partial charge in [-0.25, -0.2) is 4.79 Å². The van der Waals surface area contributed by atoms with Crippen LogP contribution in [0.5, 0.6) is 5.75 Å². The van der Waals surface area contributed by atoms with Crippen LogP contribution in [-0.2, 0) is 4.79 Å². The molecule has 0 saturated carbocycles. The zero-order valence-electron chi connectivity index (χ0n) is 15.4. The van der Waals surface area contributed by atoms with E-state index in [-0.39, 0.29) is 24.3 Å². The summed E-state index contributed by atoms with van der Waals surface area (Å²) in [6.07, 6.45) is 0. The monoisotopic (exact) mass is 378 g/mol. The molecular formula is C22H22N2O4. The molecule has 2 heterocycles. The fourth-order valence-corrected chi connectivity index (χ4v) is 3.76. The second kappa shape index (κ2) is 7.86. The molecule has 0 spiro atoms. The number of nitrogens with two attached hydrogens (primary N) is 1. The standard InChI is InChI=1S/C22H22N2O4/c23-11-17-12-24(13-19(17)15-4-2-1-3-5-15)21(25)14-27-18-8-6-16-7-9-22(26)28-20(16)10-18/h1-10,17,19H,11-14,23H2/t17-,19+/m1/s1. The molecule has 4 rings (SSSR count). The lowest BCUT2D eigenvalue weighted by atomic mass is 9.89. The minimum absolute atomic E-state index is 0.0681. The largest absolute Gasteiger partial charge is 0.484 e. The van der Waals surface area contributed by atoms with Crippen molar-refractivity contribution in [1.82, 2.24) is 4.90 Å². The first kappa shape index (κ1) is 18.3.